The number of ether oxygens (including phenoxy) is 1. The molecule has 2 fully saturated rings. The van der Waals surface area contributed by atoms with Crippen LogP contribution >= 0.6 is 23.1 Å². The van der Waals surface area contributed by atoms with Gasteiger partial charge in [-0.05, 0) is 11.1 Å². The fourth-order valence-corrected chi connectivity index (χ4v) is 6.75. The van der Waals surface area contributed by atoms with Gasteiger partial charge in [-0.15, -0.1) is 29.7 Å². The quantitative estimate of drug-likeness (QED) is 0.0888. The van der Waals surface area contributed by atoms with Gasteiger partial charge in [0.15, 0.2) is 16.9 Å². The number of oxime groups is 1. The van der Waals surface area contributed by atoms with E-state index < -0.39 is 34.8 Å². The van der Waals surface area contributed by atoms with Gasteiger partial charge in [-0.25, -0.2) is 4.98 Å². The highest BCUT2D eigenvalue weighted by Gasteiger charge is 2.57. The second kappa shape index (κ2) is 12.5. The van der Waals surface area contributed by atoms with E-state index in [9.17, 15) is 14.4 Å². The van der Waals surface area contributed by atoms with Crippen LogP contribution in [0.4, 0.5) is 5.13 Å². The van der Waals surface area contributed by atoms with Crippen LogP contribution in [0.5, 0.6) is 0 Å². The van der Waals surface area contributed by atoms with Crippen LogP contribution in [0.2, 0.25) is 0 Å². The summed E-state index contributed by atoms with van der Waals surface area (Å²) in [5, 5.41) is 16.5. The molecule has 3 heterocycles. The molecule has 42 heavy (non-hydrogen) atoms. The summed E-state index contributed by atoms with van der Waals surface area (Å²) in [6, 6.07) is 19.8. The van der Waals surface area contributed by atoms with E-state index in [2.05, 4.69) is 22.0 Å². The van der Waals surface area contributed by atoms with Gasteiger partial charge in [0.25, 0.3) is 5.91 Å². The number of aromatic nitrogens is 1. The van der Waals surface area contributed by atoms with Gasteiger partial charge in [-0.1, -0.05) is 71.9 Å². The van der Waals surface area contributed by atoms with Gasteiger partial charge in [-0.2, -0.15) is 5.26 Å². The summed E-state index contributed by atoms with van der Waals surface area (Å²) < 4.78 is 6.12. The molecule has 13 heteroatoms. The minimum atomic E-state index is -1.15. The van der Waals surface area contributed by atoms with E-state index in [1.54, 1.807) is 6.07 Å². The predicted molar refractivity (Wildman–Crippen MR) is 158 cm³/mol. The minimum absolute atomic E-state index is 0.0589. The lowest BCUT2D eigenvalue weighted by Crippen LogP contribution is -2.73. The predicted octanol–water partition coefficient (Wildman–Crippen LogP) is 2.87. The number of nitrogens with zero attached hydrogens (tertiary/aromatic N) is 4. The molecule has 0 spiro atoms. The third kappa shape index (κ3) is 5.72. The van der Waals surface area contributed by atoms with E-state index >= 15 is 0 Å². The van der Waals surface area contributed by atoms with Crippen molar-refractivity contribution in [1.29, 1.82) is 5.26 Å². The number of nitrogens with one attached hydrogen (secondary N) is 1. The molecule has 0 radical (unpaired) electrons. The van der Waals surface area contributed by atoms with E-state index in [0.29, 0.717) is 5.75 Å². The summed E-state index contributed by atoms with van der Waals surface area (Å²) in [5.41, 5.74) is 6.14. The van der Waals surface area contributed by atoms with Crippen LogP contribution in [-0.4, -0.2) is 63.7 Å². The third-order valence-electron chi connectivity index (χ3n) is 6.88. The van der Waals surface area contributed by atoms with Crippen molar-refractivity contribution in [2.24, 2.45) is 10.6 Å². The zero-order valence-electron chi connectivity index (χ0n) is 22.2. The largest absolute Gasteiger partial charge is 0.452 e. The summed E-state index contributed by atoms with van der Waals surface area (Å²) >= 11 is 2.45. The zero-order valence-corrected chi connectivity index (χ0v) is 23.8. The average molecular weight is 603 g/mol. The molecule has 0 saturated carbocycles. The molecule has 5 rings (SSSR count). The van der Waals surface area contributed by atoms with Crippen LogP contribution in [-0.2, 0) is 24.0 Å². The summed E-state index contributed by atoms with van der Waals surface area (Å²) in [6.45, 7) is 3.59. The number of esters is 1. The molecule has 214 valence electrons. The fourth-order valence-electron chi connectivity index (χ4n) is 4.67. The number of hydrogen-bond acceptors (Lipinski definition) is 11. The maximum absolute atomic E-state index is 13.7. The van der Waals surface area contributed by atoms with Crippen molar-refractivity contribution >= 4 is 51.7 Å². The van der Waals surface area contributed by atoms with Gasteiger partial charge in [-0.3, -0.25) is 14.4 Å². The lowest BCUT2D eigenvalue weighted by atomic mass is 9.87. The van der Waals surface area contributed by atoms with Crippen molar-refractivity contribution in [3.8, 4) is 6.07 Å². The number of benzene rings is 2. The van der Waals surface area contributed by atoms with Crippen molar-refractivity contribution in [2.45, 2.75) is 17.5 Å². The number of carbonyl (C=O) groups excluding carboxylic acids is 3. The van der Waals surface area contributed by atoms with Crippen molar-refractivity contribution in [1.82, 2.24) is 15.2 Å². The number of thioether (sulfide) groups is 1. The van der Waals surface area contributed by atoms with Crippen molar-refractivity contribution in [3.05, 3.63) is 95.5 Å². The molecule has 2 aliphatic heterocycles. The average Bonchev–Trinajstić information content (AvgIpc) is 3.46. The van der Waals surface area contributed by atoms with Gasteiger partial charge in [0.2, 0.25) is 12.5 Å². The van der Waals surface area contributed by atoms with Crippen LogP contribution in [0, 0.1) is 16.7 Å². The molecule has 0 aliphatic carbocycles. The first-order valence-corrected chi connectivity index (χ1v) is 14.8. The highest BCUT2D eigenvalue weighted by atomic mass is 32.2. The molecule has 2 saturated heterocycles. The number of nitriles is 1. The normalized spacial score (nSPS) is 21.5. The Morgan fingerprint density at radius 2 is 1.90 bits per heavy atom. The number of anilines is 1. The Labute approximate surface area is 250 Å². The third-order valence-corrected chi connectivity index (χ3v) is 9.11. The van der Waals surface area contributed by atoms with E-state index in [-0.39, 0.29) is 35.6 Å². The maximum atomic E-state index is 13.7. The second-order valence-corrected chi connectivity index (χ2v) is 11.5. The first-order valence-electron chi connectivity index (χ1n) is 12.8. The Morgan fingerprint density at radius 1 is 1.24 bits per heavy atom. The highest BCUT2D eigenvalue weighted by molar-refractivity contribution is 8.00. The van der Waals surface area contributed by atoms with Gasteiger partial charge < -0.3 is 25.5 Å². The molecule has 3 N–H and O–H groups in total. The molecule has 11 nitrogen and oxygen atoms in total. The Bertz CT molecular complexity index is 1520. The Morgan fingerprint density at radius 3 is 2.48 bits per heavy atom. The Kier molecular flexibility index (Phi) is 8.56. The molecular weight excluding hydrogens is 576 g/mol. The van der Waals surface area contributed by atoms with Crippen molar-refractivity contribution < 1.29 is 24.0 Å². The highest BCUT2D eigenvalue weighted by Crippen LogP contribution is 2.44. The Balaban J connectivity index is 1.29. The molecule has 3 atom stereocenters. The summed E-state index contributed by atoms with van der Waals surface area (Å²) in [7, 11) is 0. The first kappa shape index (κ1) is 28.8. The number of rotatable bonds is 10. The lowest BCUT2D eigenvalue weighted by molar-refractivity contribution is -0.162. The number of β-lactam (4-membered cyclic amide) rings is 1. The molecular formula is C29H26N6O5S2. The molecule has 2 aromatic carbocycles. The minimum Gasteiger partial charge on any atom is -0.452 e. The molecule has 0 bridgehead atoms. The standard InChI is InChI=1S/C29H26N6O5S2/c1-2-29(27(38)40-23(18-9-5-3-6-10-18)19-11-7-4-8-12-19)16-35-25(37)22(26(35)42-17-29)33-24(36)21(34-39-14-13-30)20-15-41-28(31)32-20/h2-12,15,22-23,26H,1,14,16-17H2,(H2,31,32)(H,33,36)/t22?,26-,29?/m1/s1. The fraction of sp³-hybridized carbons (Fsp3) is 0.241. The summed E-state index contributed by atoms with van der Waals surface area (Å²) in [5.74, 6) is -1.27. The molecule has 2 aliphatic rings. The van der Waals surface area contributed by atoms with Gasteiger partial charge in [0.1, 0.15) is 28.6 Å². The van der Waals surface area contributed by atoms with E-state index in [1.807, 2.05) is 60.7 Å². The van der Waals surface area contributed by atoms with E-state index in [4.69, 9.17) is 20.6 Å². The smallest absolute Gasteiger partial charge is 0.319 e. The molecule has 2 amide bonds. The summed E-state index contributed by atoms with van der Waals surface area (Å²) in [6.07, 6.45) is 0.897. The second-order valence-electron chi connectivity index (χ2n) is 9.53. The number of thiazole rings is 1. The van der Waals surface area contributed by atoms with Gasteiger partial charge >= 0.3 is 5.97 Å². The SMILES string of the molecule is C=CC1(C(=O)OC(c2ccccc2)c2ccccc2)CS[C@@H]2C(NC(=O)C(=NOCC#N)c3csc(N)n3)C(=O)N2C1. The number of fused-ring (bicyclic) bond motifs is 1. The van der Waals surface area contributed by atoms with Crippen molar-refractivity contribution in [2.75, 3.05) is 24.6 Å². The summed E-state index contributed by atoms with van der Waals surface area (Å²) in [4.78, 5) is 50.5. The number of nitrogens with two attached hydrogens (primary N) is 1. The molecule has 3 aromatic rings. The van der Waals surface area contributed by atoms with E-state index in [0.717, 1.165) is 22.5 Å². The van der Waals surface area contributed by atoms with Crippen LogP contribution in [0.15, 0.2) is 83.9 Å². The number of hydrogen-bond donors (Lipinski definition) is 2. The number of carbonyl (C=O) groups is 3. The molecule has 2 unspecified atom stereocenters. The monoisotopic (exact) mass is 602 g/mol. The lowest BCUT2D eigenvalue weighted by Gasteiger charge is -2.53. The van der Waals surface area contributed by atoms with Crippen LogP contribution in [0.3, 0.4) is 0 Å². The number of amides is 2. The first-order chi connectivity index (χ1) is 20.4. The maximum Gasteiger partial charge on any atom is 0.319 e. The topological polar surface area (TPSA) is 160 Å². The van der Waals surface area contributed by atoms with Crippen LogP contribution in [0.25, 0.3) is 0 Å². The van der Waals surface area contributed by atoms with Gasteiger partial charge in [0.05, 0.1) is 0 Å². The van der Waals surface area contributed by atoms with Crippen molar-refractivity contribution in [3.63, 3.8) is 0 Å². The Hall–Kier alpha value is -4.67. The van der Waals surface area contributed by atoms with Crippen LogP contribution in [0.1, 0.15) is 22.9 Å². The zero-order chi connectivity index (χ0) is 29.7. The number of nitrogen functional groups attached to an aromatic ring is 1. The van der Waals surface area contributed by atoms with E-state index in [1.165, 1.54) is 28.1 Å². The molecule has 1 aromatic heterocycles. The van der Waals surface area contributed by atoms with Gasteiger partial charge in [0, 0.05) is 17.7 Å². The van der Waals surface area contributed by atoms with Crippen LogP contribution < -0.4 is 11.1 Å².